The molecule has 0 N–H and O–H groups in total. The van der Waals surface area contributed by atoms with Crippen LogP contribution in [-0.4, -0.2) is 20.3 Å². The quantitative estimate of drug-likeness (QED) is 0.682. The zero-order valence-corrected chi connectivity index (χ0v) is 13.5. The summed E-state index contributed by atoms with van der Waals surface area (Å²) >= 11 is 1.62. The molecular weight excluding hydrogens is 312 g/mol. The average Bonchev–Trinajstić information content (AvgIpc) is 3.12. The lowest BCUT2D eigenvalue weighted by Crippen LogP contribution is -1.85. The molecule has 0 spiro atoms. The van der Waals surface area contributed by atoms with Crippen LogP contribution in [0.3, 0.4) is 0 Å². The van der Waals surface area contributed by atoms with Gasteiger partial charge in [-0.15, -0.1) is 22.0 Å². The summed E-state index contributed by atoms with van der Waals surface area (Å²) in [6.45, 7) is 2.05. The maximum Gasteiger partial charge on any atom is 0.247 e. The monoisotopic (exact) mass is 328 g/mol. The van der Waals surface area contributed by atoms with Crippen LogP contribution in [-0.2, 0) is 11.5 Å². The van der Waals surface area contributed by atoms with Crippen molar-refractivity contribution in [2.45, 2.75) is 37.2 Å². The van der Waals surface area contributed by atoms with Crippen LogP contribution < -0.4 is 0 Å². The molecule has 0 bridgehead atoms. The Morgan fingerprint density at radius 3 is 2.65 bits per heavy atom. The van der Waals surface area contributed by atoms with Gasteiger partial charge in [0.05, 0.1) is 11.5 Å². The Morgan fingerprint density at radius 1 is 1.09 bits per heavy atom. The van der Waals surface area contributed by atoms with Gasteiger partial charge in [-0.1, -0.05) is 22.9 Å². The van der Waals surface area contributed by atoms with Crippen LogP contribution in [0, 0.1) is 6.92 Å². The summed E-state index contributed by atoms with van der Waals surface area (Å²) in [6, 6.07) is 8.03. The highest BCUT2D eigenvalue weighted by atomic mass is 32.2. The van der Waals surface area contributed by atoms with Crippen molar-refractivity contribution in [2.75, 3.05) is 0 Å². The topological polar surface area (TPSA) is 77.8 Å². The second-order valence-corrected chi connectivity index (χ2v) is 6.67. The molecule has 1 fully saturated rings. The first-order chi connectivity index (χ1) is 11.3. The van der Waals surface area contributed by atoms with Gasteiger partial charge in [0.25, 0.3) is 0 Å². The minimum absolute atomic E-state index is 0.519. The van der Waals surface area contributed by atoms with E-state index in [4.69, 9.17) is 8.94 Å². The van der Waals surface area contributed by atoms with Crippen LogP contribution in [0.1, 0.15) is 41.9 Å². The van der Waals surface area contributed by atoms with Crippen molar-refractivity contribution in [3.63, 3.8) is 0 Å². The largest absolute Gasteiger partial charge is 0.420 e. The highest BCUT2D eigenvalue weighted by Gasteiger charge is 2.28. The van der Waals surface area contributed by atoms with Crippen LogP contribution in [0.15, 0.2) is 33.2 Å². The Kier molecular flexibility index (Phi) is 3.87. The molecule has 4 rings (SSSR count). The molecule has 1 aliphatic carbocycles. The van der Waals surface area contributed by atoms with Gasteiger partial charge < -0.3 is 8.94 Å². The molecule has 2 heterocycles. The Bertz CT molecular complexity index is 793. The van der Waals surface area contributed by atoms with Gasteiger partial charge in [-0.05, 0) is 31.9 Å². The first kappa shape index (κ1) is 14.4. The molecule has 0 radical (unpaired) electrons. The molecule has 0 unspecified atom stereocenters. The summed E-state index contributed by atoms with van der Waals surface area (Å²) in [7, 11) is 0. The molecule has 118 valence electrons. The predicted molar refractivity (Wildman–Crippen MR) is 85.7 cm³/mol. The van der Waals surface area contributed by atoms with Crippen molar-refractivity contribution in [3.05, 3.63) is 47.4 Å². The molecule has 0 atom stereocenters. The van der Waals surface area contributed by atoms with Crippen LogP contribution in [0.25, 0.3) is 11.5 Å². The van der Waals surface area contributed by atoms with Crippen molar-refractivity contribution in [1.29, 1.82) is 0 Å². The Balaban J connectivity index is 1.33. The second-order valence-electron chi connectivity index (χ2n) is 5.68. The van der Waals surface area contributed by atoms with E-state index >= 15 is 0 Å². The first-order valence-electron chi connectivity index (χ1n) is 7.57. The molecule has 0 amide bonds. The normalized spacial score (nSPS) is 14.3. The van der Waals surface area contributed by atoms with E-state index in [1.807, 2.05) is 31.2 Å². The lowest BCUT2D eigenvalue weighted by molar-refractivity contribution is 0.385. The lowest BCUT2D eigenvalue weighted by atomic mass is 10.1. The SMILES string of the molecule is Cc1ccc(-c2nnc(CSCc3nc(C4CC4)no3)o2)cc1. The molecule has 1 aliphatic rings. The summed E-state index contributed by atoms with van der Waals surface area (Å²) in [5.74, 6) is 4.46. The van der Waals surface area contributed by atoms with Gasteiger partial charge in [-0.2, -0.15) is 4.98 Å². The highest BCUT2D eigenvalue weighted by Crippen LogP contribution is 2.38. The number of nitrogens with zero attached hydrogens (tertiary/aromatic N) is 4. The maximum atomic E-state index is 5.69. The smallest absolute Gasteiger partial charge is 0.247 e. The number of hydrogen-bond donors (Lipinski definition) is 0. The van der Waals surface area contributed by atoms with Crippen molar-refractivity contribution in [2.24, 2.45) is 0 Å². The van der Waals surface area contributed by atoms with E-state index in [0.717, 1.165) is 11.4 Å². The molecule has 23 heavy (non-hydrogen) atoms. The average molecular weight is 328 g/mol. The number of aromatic nitrogens is 4. The third-order valence-electron chi connectivity index (χ3n) is 3.64. The van der Waals surface area contributed by atoms with E-state index in [1.165, 1.54) is 18.4 Å². The van der Waals surface area contributed by atoms with Gasteiger partial charge in [0.15, 0.2) is 5.82 Å². The standard InChI is InChI=1S/C16H16N4O2S/c1-10-2-4-12(5-3-10)16-19-18-14(21-16)9-23-8-13-17-15(20-22-13)11-6-7-11/h2-5,11H,6-9H2,1H3. The Hall–Kier alpha value is -2.15. The fraction of sp³-hybridized carbons (Fsp3) is 0.375. The predicted octanol–water partition coefficient (Wildman–Crippen LogP) is 3.74. The van der Waals surface area contributed by atoms with E-state index in [0.29, 0.717) is 35.1 Å². The zero-order chi connectivity index (χ0) is 15.6. The third kappa shape index (κ3) is 3.44. The van der Waals surface area contributed by atoms with Crippen molar-refractivity contribution < 1.29 is 8.94 Å². The van der Waals surface area contributed by atoms with Crippen LogP contribution >= 0.6 is 11.8 Å². The Morgan fingerprint density at radius 2 is 1.87 bits per heavy atom. The van der Waals surface area contributed by atoms with Gasteiger partial charge in [-0.25, -0.2) is 0 Å². The van der Waals surface area contributed by atoms with Crippen molar-refractivity contribution in [3.8, 4) is 11.5 Å². The molecule has 0 saturated heterocycles. The summed E-state index contributed by atoms with van der Waals surface area (Å²) in [6.07, 6.45) is 2.35. The second kappa shape index (κ2) is 6.16. The number of thioether (sulfide) groups is 1. The number of hydrogen-bond acceptors (Lipinski definition) is 7. The molecule has 0 aliphatic heterocycles. The molecule has 2 aromatic heterocycles. The summed E-state index contributed by atoms with van der Waals surface area (Å²) in [5.41, 5.74) is 2.14. The van der Waals surface area contributed by atoms with E-state index in [9.17, 15) is 0 Å². The van der Waals surface area contributed by atoms with Gasteiger partial charge >= 0.3 is 0 Å². The van der Waals surface area contributed by atoms with E-state index in [-0.39, 0.29) is 0 Å². The summed E-state index contributed by atoms with van der Waals surface area (Å²) < 4.78 is 10.9. The highest BCUT2D eigenvalue weighted by molar-refractivity contribution is 7.97. The molecule has 6 nitrogen and oxygen atoms in total. The fourth-order valence-electron chi connectivity index (χ4n) is 2.18. The minimum atomic E-state index is 0.519. The molecule has 7 heteroatoms. The van der Waals surface area contributed by atoms with Gasteiger partial charge in [-0.3, -0.25) is 0 Å². The number of aryl methyl sites for hydroxylation is 1. The number of rotatable bonds is 6. The van der Waals surface area contributed by atoms with E-state index in [2.05, 4.69) is 20.3 Å². The van der Waals surface area contributed by atoms with Crippen LogP contribution in [0.4, 0.5) is 0 Å². The first-order valence-corrected chi connectivity index (χ1v) is 8.73. The third-order valence-corrected chi connectivity index (χ3v) is 4.54. The van der Waals surface area contributed by atoms with Crippen molar-refractivity contribution >= 4 is 11.8 Å². The fourth-order valence-corrected chi connectivity index (χ4v) is 2.87. The number of benzene rings is 1. The van der Waals surface area contributed by atoms with E-state index in [1.54, 1.807) is 11.8 Å². The lowest BCUT2D eigenvalue weighted by Gasteiger charge is -1.95. The van der Waals surface area contributed by atoms with Gasteiger partial charge in [0.1, 0.15) is 0 Å². The van der Waals surface area contributed by atoms with Crippen molar-refractivity contribution in [1.82, 2.24) is 20.3 Å². The van der Waals surface area contributed by atoms with Crippen LogP contribution in [0.2, 0.25) is 0 Å². The molecule has 3 aromatic rings. The van der Waals surface area contributed by atoms with E-state index < -0.39 is 0 Å². The van der Waals surface area contributed by atoms with Gasteiger partial charge in [0, 0.05) is 11.5 Å². The van der Waals surface area contributed by atoms with Gasteiger partial charge in [0.2, 0.25) is 17.7 Å². The minimum Gasteiger partial charge on any atom is -0.420 e. The zero-order valence-electron chi connectivity index (χ0n) is 12.7. The summed E-state index contributed by atoms with van der Waals surface area (Å²) in [4.78, 5) is 4.40. The maximum absolute atomic E-state index is 5.69. The molecule has 1 aromatic carbocycles. The summed E-state index contributed by atoms with van der Waals surface area (Å²) in [5, 5.41) is 12.2. The molecule has 1 saturated carbocycles. The molecular formula is C16H16N4O2S. The Labute approximate surface area is 137 Å². The van der Waals surface area contributed by atoms with Crippen LogP contribution in [0.5, 0.6) is 0 Å².